The van der Waals surface area contributed by atoms with E-state index in [0.717, 1.165) is 29.0 Å². The van der Waals surface area contributed by atoms with Gasteiger partial charge in [0.1, 0.15) is 29.8 Å². The molecule has 0 spiro atoms. The van der Waals surface area contributed by atoms with E-state index in [4.69, 9.17) is 4.74 Å². The highest BCUT2D eigenvalue weighted by molar-refractivity contribution is 7.12. The average Bonchev–Trinajstić information content (AvgIpc) is 3.05. The van der Waals surface area contributed by atoms with Crippen molar-refractivity contribution in [2.45, 2.75) is 6.61 Å². The Morgan fingerprint density at radius 2 is 1.84 bits per heavy atom. The van der Waals surface area contributed by atoms with Crippen LogP contribution in [0.15, 0.2) is 53.9 Å². The molecule has 0 aliphatic heterocycles. The summed E-state index contributed by atoms with van der Waals surface area (Å²) < 4.78 is 45.0. The number of hydrogen-bond acceptors (Lipinski definition) is 3. The molecular formula is C18H12F3NO2S. The maximum atomic E-state index is 13.6. The molecule has 0 saturated heterocycles. The van der Waals surface area contributed by atoms with Crippen LogP contribution in [-0.2, 0) is 6.61 Å². The Morgan fingerprint density at radius 1 is 1.04 bits per heavy atom. The number of carbonyl (C=O) groups is 1. The number of nitrogens with one attached hydrogen (secondary N) is 1. The fourth-order valence-electron chi connectivity index (χ4n) is 2.07. The van der Waals surface area contributed by atoms with Crippen LogP contribution in [0.5, 0.6) is 5.75 Å². The van der Waals surface area contributed by atoms with Crippen molar-refractivity contribution >= 4 is 22.9 Å². The van der Waals surface area contributed by atoms with Gasteiger partial charge in [0, 0.05) is 17.7 Å². The van der Waals surface area contributed by atoms with Crippen molar-refractivity contribution in [3.05, 3.63) is 81.8 Å². The molecule has 128 valence electrons. The van der Waals surface area contributed by atoms with E-state index < -0.39 is 23.4 Å². The van der Waals surface area contributed by atoms with Crippen molar-refractivity contribution in [3.63, 3.8) is 0 Å². The average molecular weight is 363 g/mol. The summed E-state index contributed by atoms with van der Waals surface area (Å²) in [4.78, 5) is 12.5. The number of anilines is 1. The van der Waals surface area contributed by atoms with Gasteiger partial charge in [0.15, 0.2) is 0 Å². The Kier molecular flexibility index (Phi) is 5.04. The van der Waals surface area contributed by atoms with Gasteiger partial charge in [0.25, 0.3) is 5.91 Å². The zero-order valence-electron chi connectivity index (χ0n) is 12.8. The van der Waals surface area contributed by atoms with E-state index in [1.807, 2.05) is 0 Å². The Morgan fingerprint density at radius 3 is 2.60 bits per heavy atom. The van der Waals surface area contributed by atoms with Crippen molar-refractivity contribution in [2.24, 2.45) is 0 Å². The number of halogens is 3. The van der Waals surface area contributed by atoms with Crippen LogP contribution < -0.4 is 10.1 Å². The van der Waals surface area contributed by atoms with Gasteiger partial charge in [0.2, 0.25) is 0 Å². The van der Waals surface area contributed by atoms with Crippen LogP contribution in [-0.4, -0.2) is 5.91 Å². The Labute approximate surface area is 145 Å². The molecule has 1 heterocycles. The van der Waals surface area contributed by atoms with Crippen molar-refractivity contribution in [3.8, 4) is 5.75 Å². The van der Waals surface area contributed by atoms with Crippen LogP contribution in [0.4, 0.5) is 18.9 Å². The molecule has 3 rings (SSSR count). The smallest absolute Gasteiger partial charge is 0.265 e. The molecule has 0 saturated carbocycles. The second-order valence-electron chi connectivity index (χ2n) is 5.14. The molecule has 0 fully saturated rings. The molecule has 3 nitrogen and oxygen atoms in total. The molecule has 7 heteroatoms. The van der Waals surface area contributed by atoms with Crippen LogP contribution in [0.25, 0.3) is 0 Å². The number of benzene rings is 2. The zero-order valence-corrected chi connectivity index (χ0v) is 13.6. The summed E-state index contributed by atoms with van der Waals surface area (Å²) in [6, 6.07) is 10.2. The second kappa shape index (κ2) is 7.40. The highest BCUT2D eigenvalue weighted by Crippen LogP contribution is 2.21. The number of thiophene rings is 1. The van der Waals surface area contributed by atoms with Crippen molar-refractivity contribution in [1.29, 1.82) is 0 Å². The van der Waals surface area contributed by atoms with Gasteiger partial charge in [-0.1, -0.05) is 6.07 Å². The molecule has 1 aromatic heterocycles. The first-order valence-corrected chi connectivity index (χ1v) is 8.11. The van der Waals surface area contributed by atoms with Gasteiger partial charge in [-0.3, -0.25) is 4.79 Å². The van der Waals surface area contributed by atoms with Crippen LogP contribution in [0.3, 0.4) is 0 Å². The monoisotopic (exact) mass is 363 g/mol. The van der Waals surface area contributed by atoms with E-state index in [1.54, 1.807) is 17.5 Å². The predicted molar refractivity (Wildman–Crippen MR) is 89.4 cm³/mol. The molecule has 2 aromatic carbocycles. The number of hydrogen-bond donors (Lipinski definition) is 1. The molecule has 25 heavy (non-hydrogen) atoms. The number of ether oxygens (including phenoxy) is 1. The minimum absolute atomic E-state index is 0.0997. The first-order chi connectivity index (χ1) is 12.0. The maximum absolute atomic E-state index is 13.6. The minimum Gasteiger partial charge on any atom is -0.489 e. The molecule has 0 radical (unpaired) electrons. The molecule has 1 N–H and O–H groups in total. The summed E-state index contributed by atoms with van der Waals surface area (Å²) in [5, 5.41) is 4.11. The molecule has 0 bridgehead atoms. The first kappa shape index (κ1) is 17.0. The van der Waals surface area contributed by atoms with E-state index in [9.17, 15) is 18.0 Å². The Hall–Kier alpha value is -2.80. The van der Waals surface area contributed by atoms with Crippen LogP contribution >= 0.6 is 11.3 Å². The summed E-state index contributed by atoms with van der Waals surface area (Å²) in [5.41, 5.74) is 0.622. The van der Waals surface area contributed by atoms with Crippen LogP contribution in [0.1, 0.15) is 15.2 Å². The van der Waals surface area contributed by atoms with E-state index in [2.05, 4.69) is 5.32 Å². The van der Waals surface area contributed by atoms with Crippen LogP contribution in [0.2, 0.25) is 0 Å². The van der Waals surface area contributed by atoms with E-state index >= 15 is 0 Å². The Balaban J connectivity index is 1.63. The third-order valence-corrected chi connectivity index (χ3v) is 4.24. The third-order valence-electron chi connectivity index (χ3n) is 3.26. The summed E-state index contributed by atoms with van der Waals surface area (Å²) in [6.07, 6.45) is 0. The van der Waals surface area contributed by atoms with Gasteiger partial charge in [0.05, 0.1) is 10.6 Å². The SMILES string of the molecule is O=C(Nc1ccc(F)cc1F)c1cc(COc2cccc(F)c2)cs1. The lowest BCUT2D eigenvalue weighted by Gasteiger charge is -2.05. The second-order valence-corrected chi connectivity index (χ2v) is 6.05. The van der Waals surface area contributed by atoms with Gasteiger partial charge in [-0.05, 0) is 35.7 Å². The lowest BCUT2D eigenvalue weighted by Crippen LogP contribution is -2.11. The quantitative estimate of drug-likeness (QED) is 0.693. The molecule has 0 atom stereocenters. The predicted octanol–water partition coefficient (Wildman–Crippen LogP) is 5.00. The van der Waals surface area contributed by atoms with Gasteiger partial charge < -0.3 is 10.1 Å². The third kappa shape index (κ3) is 4.39. The fourth-order valence-corrected chi connectivity index (χ4v) is 2.86. The number of amides is 1. The normalized spacial score (nSPS) is 10.5. The first-order valence-electron chi connectivity index (χ1n) is 7.23. The van der Waals surface area contributed by atoms with Crippen molar-refractivity contribution < 1.29 is 22.7 Å². The van der Waals surface area contributed by atoms with E-state index in [0.29, 0.717) is 16.7 Å². The lowest BCUT2D eigenvalue weighted by atomic mass is 10.2. The highest BCUT2D eigenvalue weighted by atomic mass is 32.1. The molecule has 1 amide bonds. The molecular weight excluding hydrogens is 351 g/mol. The molecule has 0 aliphatic rings. The molecule has 3 aromatic rings. The van der Waals surface area contributed by atoms with Gasteiger partial charge in [-0.15, -0.1) is 11.3 Å². The topological polar surface area (TPSA) is 38.3 Å². The van der Waals surface area contributed by atoms with Gasteiger partial charge >= 0.3 is 0 Å². The fraction of sp³-hybridized carbons (Fsp3) is 0.0556. The summed E-state index contributed by atoms with van der Waals surface area (Å²) in [6.45, 7) is 0.165. The van der Waals surface area contributed by atoms with Gasteiger partial charge in [-0.25, -0.2) is 13.2 Å². The minimum atomic E-state index is -0.848. The van der Waals surface area contributed by atoms with E-state index in [-0.39, 0.29) is 12.3 Å². The molecule has 0 unspecified atom stereocenters. The Bertz CT molecular complexity index is 911. The zero-order chi connectivity index (χ0) is 17.8. The number of carbonyl (C=O) groups excluding carboxylic acids is 1. The summed E-state index contributed by atoms with van der Waals surface area (Å²) in [5.74, 6) is -2.09. The van der Waals surface area contributed by atoms with Gasteiger partial charge in [-0.2, -0.15) is 0 Å². The van der Waals surface area contributed by atoms with Crippen molar-refractivity contribution in [2.75, 3.05) is 5.32 Å². The summed E-state index contributed by atoms with van der Waals surface area (Å²) in [7, 11) is 0. The van der Waals surface area contributed by atoms with Crippen molar-refractivity contribution in [1.82, 2.24) is 0 Å². The lowest BCUT2D eigenvalue weighted by molar-refractivity contribution is 0.103. The van der Waals surface area contributed by atoms with E-state index in [1.165, 1.54) is 18.2 Å². The van der Waals surface area contributed by atoms with Crippen LogP contribution in [0, 0.1) is 17.5 Å². The highest BCUT2D eigenvalue weighted by Gasteiger charge is 2.13. The summed E-state index contributed by atoms with van der Waals surface area (Å²) >= 11 is 1.16. The molecule has 0 aliphatic carbocycles. The number of rotatable bonds is 5. The standard InChI is InChI=1S/C18H12F3NO2S/c19-12-2-1-3-14(7-12)24-9-11-6-17(25-10-11)18(23)22-16-5-4-13(20)8-15(16)21/h1-8,10H,9H2,(H,22,23). The maximum Gasteiger partial charge on any atom is 0.265 e. The largest absolute Gasteiger partial charge is 0.489 e.